The fourth-order valence-electron chi connectivity index (χ4n) is 2.73. The molecule has 0 spiro atoms. The summed E-state index contributed by atoms with van der Waals surface area (Å²) in [6.07, 6.45) is 6.44. The summed E-state index contributed by atoms with van der Waals surface area (Å²) >= 11 is 0. The Morgan fingerprint density at radius 3 is 3.05 bits per heavy atom. The van der Waals surface area contributed by atoms with Crippen LogP contribution in [0.15, 0.2) is 18.5 Å². The molecule has 2 bridgehead atoms. The molecule has 3 heterocycles. The van der Waals surface area contributed by atoms with E-state index in [9.17, 15) is 9.59 Å². The molecule has 0 radical (unpaired) electrons. The van der Waals surface area contributed by atoms with Crippen LogP contribution in [0.2, 0.25) is 0 Å². The van der Waals surface area contributed by atoms with Gasteiger partial charge in [0.2, 0.25) is 5.91 Å². The summed E-state index contributed by atoms with van der Waals surface area (Å²) in [5.41, 5.74) is 6.20. The number of likely N-dealkylation sites (N-methyl/N-ethyl adjacent to an activating group) is 1. The Morgan fingerprint density at radius 2 is 2.35 bits per heavy atom. The average molecular weight is 275 g/mol. The number of imidazole rings is 1. The SMILES string of the molecule is CN1C(=O)N2CC(n3ccnc3CCC(N)=O)=CC1C2. The molecule has 106 valence electrons. The van der Waals surface area contributed by atoms with E-state index in [0.717, 1.165) is 18.1 Å². The van der Waals surface area contributed by atoms with Crippen LogP contribution in [0.5, 0.6) is 0 Å². The number of hydrogen-bond acceptors (Lipinski definition) is 3. The van der Waals surface area contributed by atoms with Gasteiger partial charge in [0.05, 0.1) is 12.6 Å². The van der Waals surface area contributed by atoms with E-state index < -0.39 is 0 Å². The van der Waals surface area contributed by atoms with Gasteiger partial charge in [-0.25, -0.2) is 9.78 Å². The Hall–Kier alpha value is -2.31. The third kappa shape index (κ3) is 2.04. The topological polar surface area (TPSA) is 84.5 Å². The van der Waals surface area contributed by atoms with Gasteiger partial charge in [-0.15, -0.1) is 0 Å². The molecule has 0 aromatic carbocycles. The standard InChI is InChI=1S/C13H17N5O2/c1-16-9-6-10(8-17(7-9)13(16)20)18-5-4-15-12(18)3-2-11(14)19/h4-6,9H,2-3,7-8H2,1H3,(H2,14,19). The summed E-state index contributed by atoms with van der Waals surface area (Å²) < 4.78 is 1.95. The lowest BCUT2D eigenvalue weighted by Crippen LogP contribution is -2.31. The van der Waals surface area contributed by atoms with Crippen molar-refractivity contribution in [3.8, 4) is 0 Å². The maximum absolute atomic E-state index is 11.9. The summed E-state index contributed by atoms with van der Waals surface area (Å²) in [7, 11) is 1.81. The van der Waals surface area contributed by atoms with Crippen LogP contribution in [0.4, 0.5) is 4.79 Å². The van der Waals surface area contributed by atoms with Gasteiger partial charge in [0.1, 0.15) is 5.82 Å². The van der Waals surface area contributed by atoms with E-state index in [2.05, 4.69) is 11.1 Å². The van der Waals surface area contributed by atoms with Crippen LogP contribution in [-0.2, 0) is 11.2 Å². The Kier molecular flexibility index (Phi) is 2.96. The first-order chi connectivity index (χ1) is 9.56. The molecule has 2 aliphatic rings. The quantitative estimate of drug-likeness (QED) is 0.832. The molecule has 2 N–H and O–H groups in total. The summed E-state index contributed by atoms with van der Waals surface area (Å²) in [4.78, 5) is 30.7. The van der Waals surface area contributed by atoms with Gasteiger partial charge in [0.15, 0.2) is 0 Å². The van der Waals surface area contributed by atoms with Crippen LogP contribution >= 0.6 is 0 Å². The Morgan fingerprint density at radius 1 is 1.55 bits per heavy atom. The number of fused-ring (bicyclic) bond motifs is 2. The Balaban J connectivity index is 1.84. The Labute approximate surface area is 116 Å². The molecule has 2 aliphatic heterocycles. The van der Waals surface area contributed by atoms with Crippen molar-refractivity contribution in [1.29, 1.82) is 0 Å². The number of aromatic nitrogens is 2. The molecule has 1 unspecified atom stereocenters. The number of aryl methyl sites for hydroxylation is 1. The number of nitrogens with zero attached hydrogens (tertiary/aromatic N) is 4. The number of nitrogens with two attached hydrogens (primary N) is 1. The number of primary amides is 1. The molecule has 7 heteroatoms. The summed E-state index contributed by atoms with van der Waals surface area (Å²) in [6.45, 7) is 1.31. The highest BCUT2D eigenvalue weighted by molar-refractivity contribution is 5.81. The molecule has 1 aromatic rings. The lowest BCUT2D eigenvalue weighted by Gasteiger charge is -2.23. The van der Waals surface area contributed by atoms with Crippen molar-refractivity contribution in [2.45, 2.75) is 18.9 Å². The number of carbonyl (C=O) groups is 2. The molecular weight excluding hydrogens is 258 g/mol. The lowest BCUT2D eigenvalue weighted by atomic mass is 10.1. The van der Waals surface area contributed by atoms with Crippen molar-refractivity contribution < 1.29 is 9.59 Å². The van der Waals surface area contributed by atoms with E-state index in [1.54, 1.807) is 11.1 Å². The van der Waals surface area contributed by atoms with E-state index in [-0.39, 0.29) is 24.4 Å². The van der Waals surface area contributed by atoms with Crippen molar-refractivity contribution >= 4 is 17.6 Å². The molecule has 20 heavy (non-hydrogen) atoms. The first kappa shape index (κ1) is 12.7. The van der Waals surface area contributed by atoms with Gasteiger partial charge in [-0.3, -0.25) is 4.79 Å². The van der Waals surface area contributed by atoms with Gasteiger partial charge < -0.3 is 20.1 Å². The van der Waals surface area contributed by atoms with Crippen molar-refractivity contribution in [3.05, 3.63) is 24.3 Å². The normalized spacial score (nSPS) is 21.4. The first-order valence-corrected chi connectivity index (χ1v) is 6.59. The third-order valence-electron chi connectivity index (χ3n) is 3.84. The van der Waals surface area contributed by atoms with Gasteiger partial charge in [-0.2, -0.15) is 0 Å². The van der Waals surface area contributed by atoms with E-state index in [0.29, 0.717) is 13.0 Å². The van der Waals surface area contributed by atoms with Gasteiger partial charge in [-0.1, -0.05) is 0 Å². The molecule has 7 nitrogen and oxygen atoms in total. The molecule has 3 amide bonds. The summed E-state index contributed by atoms with van der Waals surface area (Å²) in [5.74, 6) is 0.462. The number of rotatable bonds is 4. The zero-order valence-corrected chi connectivity index (χ0v) is 11.3. The van der Waals surface area contributed by atoms with Crippen LogP contribution in [0.25, 0.3) is 5.70 Å². The second-order valence-corrected chi connectivity index (χ2v) is 5.18. The van der Waals surface area contributed by atoms with Crippen molar-refractivity contribution in [2.75, 3.05) is 20.1 Å². The number of amides is 3. The molecule has 0 aliphatic carbocycles. The van der Waals surface area contributed by atoms with Gasteiger partial charge in [-0.05, 0) is 6.08 Å². The third-order valence-corrected chi connectivity index (χ3v) is 3.84. The van der Waals surface area contributed by atoms with Crippen LogP contribution in [-0.4, -0.2) is 57.5 Å². The maximum atomic E-state index is 11.9. The highest BCUT2D eigenvalue weighted by Gasteiger charge is 2.37. The fourth-order valence-corrected chi connectivity index (χ4v) is 2.73. The second kappa shape index (κ2) is 4.66. The first-order valence-electron chi connectivity index (χ1n) is 6.59. The predicted molar refractivity (Wildman–Crippen MR) is 72.5 cm³/mol. The van der Waals surface area contributed by atoms with Crippen LogP contribution in [0, 0.1) is 0 Å². The monoisotopic (exact) mass is 275 g/mol. The number of carbonyl (C=O) groups excluding carboxylic acids is 2. The fraction of sp³-hybridized carbons (Fsp3) is 0.462. The van der Waals surface area contributed by atoms with Crippen LogP contribution in [0.3, 0.4) is 0 Å². The van der Waals surface area contributed by atoms with Crippen LogP contribution in [0.1, 0.15) is 12.2 Å². The van der Waals surface area contributed by atoms with Crippen LogP contribution < -0.4 is 5.73 Å². The van der Waals surface area contributed by atoms with Crippen molar-refractivity contribution in [3.63, 3.8) is 0 Å². The highest BCUT2D eigenvalue weighted by atomic mass is 16.2. The largest absolute Gasteiger partial charge is 0.370 e. The molecule has 1 fully saturated rings. The zero-order valence-electron chi connectivity index (χ0n) is 11.3. The van der Waals surface area contributed by atoms with E-state index in [4.69, 9.17) is 5.73 Å². The van der Waals surface area contributed by atoms with Crippen molar-refractivity contribution in [1.82, 2.24) is 19.4 Å². The minimum Gasteiger partial charge on any atom is -0.370 e. The predicted octanol–water partition coefficient (Wildman–Crippen LogP) is -0.108. The zero-order chi connectivity index (χ0) is 14.3. The molecule has 1 saturated heterocycles. The lowest BCUT2D eigenvalue weighted by molar-refractivity contribution is -0.118. The number of urea groups is 1. The maximum Gasteiger partial charge on any atom is 0.320 e. The van der Waals surface area contributed by atoms with E-state index in [1.807, 2.05) is 22.7 Å². The summed E-state index contributed by atoms with van der Waals surface area (Å²) in [6, 6.07) is 0.165. The number of hydrogen-bond donors (Lipinski definition) is 1. The van der Waals surface area contributed by atoms with Gasteiger partial charge in [0.25, 0.3) is 0 Å². The van der Waals surface area contributed by atoms with Gasteiger partial charge >= 0.3 is 6.03 Å². The molecular formula is C13H17N5O2. The average Bonchev–Trinajstić information content (AvgIpc) is 2.97. The smallest absolute Gasteiger partial charge is 0.320 e. The van der Waals surface area contributed by atoms with Gasteiger partial charge in [0, 0.05) is 44.5 Å². The Bertz CT molecular complexity index is 591. The molecule has 1 aromatic heterocycles. The molecule has 0 saturated carbocycles. The van der Waals surface area contributed by atoms with E-state index in [1.165, 1.54) is 0 Å². The van der Waals surface area contributed by atoms with E-state index >= 15 is 0 Å². The second-order valence-electron chi connectivity index (χ2n) is 5.18. The highest BCUT2D eigenvalue weighted by Crippen LogP contribution is 2.25. The van der Waals surface area contributed by atoms with Crippen molar-refractivity contribution in [2.24, 2.45) is 5.73 Å². The minimum atomic E-state index is -0.337. The molecule has 1 atom stereocenters. The molecule has 3 rings (SSSR count). The minimum absolute atomic E-state index is 0.0556. The summed E-state index contributed by atoms with van der Waals surface area (Å²) in [5, 5.41) is 0.